The van der Waals surface area contributed by atoms with Crippen LogP contribution in [0.25, 0.3) is 10.9 Å². The zero-order valence-electron chi connectivity index (χ0n) is 10.6. The Hall–Kier alpha value is -3.00. The van der Waals surface area contributed by atoms with Crippen LogP contribution in [-0.4, -0.2) is 15.0 Å². The highest BCUT2D eigenvalue weighted by molar-refractivity contribution is 5.89. The molecule has 0 amide bonds. The number of anilines is 1. The quantitative estimate of drug-likeness (QED) is 0.784. The Balaban J connectivity index is 1.93. The van der Waals surface area contributed by atoms with Gasteiger partial charge < -0.3 is 5.32 Å². The van der Waals surface area contributed by atoms with Crippen LogP contribution in [0, 0.1) is 11.3 Å². The van der Waals surface area contributed by atoms with Crippen molar-refractivity contribution >= 4 is 16.7 Å². The molecule has 0 fully saturated rings. The molecule has 96 valence electrons. The van der Waals surface area contributed by atoms with Crippen molar-refractivity contribution in [1.29, 1.82) is 5.26 Å². The Morgan fingerprint density at radius 3 is 2.85 bits per heavy atom. The zero-order valence-corrected chi connectivity index (χ0v) is 10.6. The van der Waals surface area contributed by atoms with Gasteiger partial charge in [0, 0.05) is 11.6 Å². The van der Waals surface area contributed by atoms with Gasteiger partial charge in [-0.15, -0.1) is 0 Å². The molecule has 0 radical (unpaired) electrons. The molecular formula is C15H11N5. The summed E-state index contributed by atoms with van der Waals surface area (Å²) >= 11 is 0. The monoisotopic (exact) mass is 261 g/mol. The Morgan fingerprint density at radius 2 is 2.05 bits per heavy atom. The number of nitriles is 1. The maximum absolute atomic E-state index is 8.97. The molecule has 3 aromatic rings. The molecule has 20 heavy (non-hydrogen) atoms. The highest BCUT2D eigenvalue weighted by Gasteiger charge is 2.04. The van der Waals surface area contributed by atoms with E-state index >= 15 is 0 Å². The van der Waals surface area contributed by atoms with E-state index in [1.54, 1.807) is 18.3 Å². The Labute approximate surface area is 116 Å². The first-order chi connectivity index (χ1) is 9.86. The van der Waals surface area contributed by atoms with Crippen molar-refractivity contribution in [1.82, 2.24) is 15.0 Å². The lowest BCUT2D eigenvalue weighted by atomic mass is 10.1. The third kappa shape index (κ3) is 2.40. The number of aromatic nitrogens is 3. The maximum Gasteiger partial charge on any atom is 0.137 e. The number of fused-ring (bicyclic) bond motifs is 1. The van der Waals surface area contributed by atoms with Crippen LogP contribution in [0.1, 0.15) is 11.3 Å². The van der Waals surface area contributed by atoms with Gasteiger partial charge in [-0.05, 0) is 30.3 Å². The van der Waals surface area contributed by atoms with Crippen molar-refractivity contribution in [2.24, 2.45) is 0 Å². The minimum absolute atomic E-state index is 0.573. The fourth-order valence-electron chi connectivity index (χ4n) is 1.94. The summed E-state index contributed by atoms with van der Waals surface area (Å²) in [5, 5.41) is 13.0. The van der Waals surface area contributed by atoms with E-state index in [-0.39, 0.29) is 0 Å². The Bertz CT molecular complexity index is 777. The van der Waals surface area contributed by atoms with Crippen molar-refractivity contribution in [2.75, 3.05) is 5.32 Å². The first-order valence-electron chi connectivity index (χ1n) is 6.15. The van der Waals surface area contributed by atoms with Crippen LogP contribution in [0.2, 0.25) is 0 Å². The summed E-state index contributed by atoms with van der Waals surface area (Å²) in [5.74, 6) is 0.706. The summed E-state index contributed by atoms with van der Waals surface area (Å²) < 4.78 is 0. The van der Waals surface area contributed by atoms with Gasteiger partial charge in [0.1, 0.15) is 12.1 Å². The third-order valence-corrected chi connectivity index (χ3v) is 2.93. The van der Waals surface area contributed by atoms with E-state index in [0.717, 1.165) is 16.6 Å². The van der Waals surface area contributed by atoms with Crippen LogP contribution >= 0.6 is 0 Å². The summed E-state index contributed by atoms with van der Waals surface area (Å²) in [4.78, 5) is 12.7. The number of hydrogen-bond donors (Lipinski definition) is 1. The van der Waals surface area contributed by atoms with E-state index in [0.29, 0.717) is 17.9 Å². The SMILES string of the molecule is N#Cc1ccc2ncnc(NCc3ccccn3)c2c1. The molecule has 0 atom stereocenters. The average molecular weight is 261 g/mol. The first-order valence-corrected chi connectivity index (χ1v) is 6.15. The van der Waals surface area contributed by atoms with Crippen molar-refractivity contribution < 1.29 is 0 Å². The van der Waals surface area contributed by atoms with Crippen molar-refractivity contribution in [2.45, 2.75) is 6.54 Å². The highest BCUT2D eigenvalue weighted by atomic mass is 15.0. The lowest BCUT2D eigenvalue weighted by Crippen LogP contribution is -2.04. The summed E-state index contributed by atoms with van der Waals surface area (Å²) in [6.07, 6.45) is 3.26. The van der Waals surface area contributed by atoms with Crippen molar-refractivity contribution in [3.05, 3.63) is 60.2 Å². The van der Waals surface area contributed by atoms with Crippen LogP contribution in [0.4, 0.5) is 5.82 Å². The van der Waals surface area contributed by atoms with Gasteiger partial charge in [-0.3, -0.25) is 4.98 Å². The fraction of sp³-hybridized carbons (Fsp3) is 0.0667. The molecule has 1 N–H and O–H groups in total. The van der Waals surface area contributed by atoms with E-state index in [9.17, 15) is 0 Å². The molecule has 3 rings (SSSR count). The number of hydrogen-bond acceptors (Lipinski definition) is 5. The Morgan fingerprint density at radius 1 is 1.10 bits per heavy atom. The standard InChI is InChI=1S/C15H11N5/c16-8-11-4-5-14-13(7-11)15(20-10-19-14)18-9-12-3-1-2-6-17-12/h1-7,10H,9H2,(H,18,19,20). The minimum atomic E-state index is 0.573. The summed E-state index contributed by atoms with van der Waals surface area (Å²) in [5.41, 5.74) is 2.33. The summed E-state index contributed by atoms with van der Waals surface area (Å²) in [6.45, 7) is 0.573. The van der Waals surface area contributed by atoms with Gasteiger partial charge in [-0.25, -0.2) is 9.97 Å². The molecule has 0 unspecified atom stereocenters. The first kappa shape index (κ1) is 12.1. The number of pyridine rings is 1. The van der Waals surface area contributed by atoms with E-state index in [2.05, 4.69) is 26.3 Å². The summed E-state index contributed by atoms with van der Waals surface area (Å²) in [7, 11) is 0. The van der Waals surface area contributed by atoms with Gasteiger partial charge in [0.2, 0.25) is 0 Å². The lowest BCUT2D eigenvalue weighted by Gasteiger charge is -2.07. The molecule has 0 bridgehead atoms. The summed E-state index contributed by atoms with van der Waals surface area (Å²) in [6, 6.07) is 13.2. The molecular weight excluding hydrogens is 250 g/mol. The van der Waals surface area contributed by atoms with E-state index in [1.807, 2.05) is 24.3 Å². The van der Waals surface area contributed by atoms with Crippen LogP contribution in [0.5, 0.6) is 0 Å². The van der Waals surface area contributed by atoms with Gasteiger partial charge in [0.25, 0.3) is 0 Å². The number of nitrogens with zero attached hydrogens (tertiary/aromatic N) is 4. The maximum atomic E-state index is 8.97. The molecule has 1 aromatic carbocycles. The molecule has 0 aliphatic rings. The van der Waals surface area contributed by atoms with Crippen LogP contribution < -0.4 is 5.32 Å². The van der Waals surface area contributed by atoms with Gasteiger partial charge in [-0.1, -0.05) is 6.07 Å². The molecule has 0 spiro atoms. The van der Waals surface area contributed by atoms with Gasteiger partial charge in [0.05, 0.1) is 29.4 Å². The average Bonchev–Trinajstić information content (AvgIpc) is 2.53. The topological polar surface area (TPSA) is 74.5 Å². The van der Waals surface area contributed by atoms with Crippen LogP contribution in [-0.2, 0) is 6.54 Å². The fourth-order valence-corrected chi connectivity index (χ4v) is 1.94. The second-order valence-corrected chi connectivity index (χ2v) is 4.24. The number of benzene rings is 1. The number of nitrogens with one attached hydrogen (secondary N) is 1. The van der Waals surface area contributed by atoms with Gasteiger partial charge in [0.15, 0.2) is 0 Å². The van der Waals surface area contributed by atoms with Gasteiger partial charge in [-0.2, -0.15) is 5.26 Å². The predicted molar refractivity (Wildman–Crippen MR) is 75.8 cm³/mol. The van der Waals surface area contributed by atoms with E-state index in [4.69, 9.17) is 5.26 Å². The largest absolute Gasteiger partial charge is 0.364 e. The van der Waals surface area contributed by atoms with E-state index < -0.39 is 0 Å². The molecule has 0 saturated heterocycles. The third-order valence-electron chi connectivity index (χ3n) is 2.93. The molecule has 0 saturated carbocycles. The zero-order chi connectivity index (χ0) is 13.8. The molecule has 2 heterocycles. The minimum Gasteiger partial charge on any atom is -0.364 e. The molecule has 0 aliphatic carbocycles. The predicted octanol–water partition coefficient (Wildman–Crippen LogP) is 2.51. The van der Waals surface area contributed by atoms with Crippen molar-refractivity contribution in [3.63, 3.8) is 0 Å². The Kier molecular flexibility index (Phi) is 3.21. The molecule has 5 nitrogen and oxygen atoms in total. The van der Waals surface area contributed by atoms with Crippen LogP contribution in [0.15, 0.2) is 48.9 Å². The van der Waals surface area contributed by atoms with E-state index in [1.165, 1.54) is 6.33 Å². The normalized spacial score (nSPS) is 10.2. The van der Waals surface area contributed by atoms with Gasteiger partial charge >= 0.3 is 0 Å². The molecule has 2 aromatic heterocycles. The highest BCUT2D eigenvalue weighted by Crippen LogP contribution is 2.20. The second kappa shape index (κ2) is 5.33. The smallest absolute Gasteiger partial charge is 0.137 e. The second-order valence-electron chi connectivity index (χ2n) is 4.24. The van der Waals surface area contributed by atoms with Crippen molar-refractivity contribution in [3.8, 4) is 6.07 Å². The lowest BCUT2D eigenvalue weighted by molar-refractivity contribution is 1.03. The molecule has 5 heteroatoms. The van der Waals surface area contributed by atoms with Crippen LogP contribution in [0.3, 0.4) is 0 Å². The number of rotatable bonds is 3. The molecule has 0 aliphatic heterocycles.